The van der Waals surface area contributed by atoms with E-state index >= 15 is 0 Å². The number of aliphatic hydroxyl groups is 1. The number of carbonyl (C=O) groups excluding carboxylic acids is 1. The zero-order chi connectivity index (χ0) is 14.5. The zero-order valence-electron chi connectivity index (χ0n) is 11.1. The van der Waals surface area contributed by atoms with Crippen LogP contribution in [0.4, 0.5) is 5.69 Å². The van der Waals surface area contributed by atoms with Crippen LogP contribution in [0.2, 0.25) is 10.0 Å². The van der Waals surface area contributed by atoms with Crippen LogP contribution in [0.25, 0.3) is 0 Å². The number of amides is 1. The van der Waals surface area contributed by atoms with Gasteiger partial charge in [-0.15, -0.1) is 0 Å². The van der Waals surface area contributed by atoms with Crippen LogP contribution in [0.3, 0.4) is 0 Å². The van der Waals surface area contributed by atoms with E-state index in [0.29, 0.717) is 28.3 Å². The average molecular weight is 317 g/mol. The van der Waals surface area contributed by atoms with Crippen LogP contribution in [0, 0.1) is 0 Å². The first kappa shape index (κ1) is 15.6. The molecular formula is C14H18Cl2N2O2. The summed E-state index contributed by atoms with van der Waals surface area (Å²) in [5.41, 5.74) is 0.627. The summed E-state index contributed by atoms with van der Waals surface area (Å²) in [5.74, 6) is -0.108. The Hall–Kier alpha value is -0.810. The van der Waals surface area contributed by atoms with E-state index in [0.717, 1.165) is 12.8 Å². The normalized spacial score (nSPS) is 15.2. The maximum absolute atomic E-state index is 12.0. The van der Waals surface area contributed by atoms with Crippen LogP contribution in [0.1, 0.15) is 19.3 Å². The Balaban J connectivity index is 1.91. The highest BCUT2D eigenvalue weighted by Gasteiger charge is 2.25. The predicted octanol–water partition coefficient (Wildman–Crippen LogP) is 2.78. The third-order valence-electron chi connectivity index (χ3n) is 3.53. The number of nitrogens with zero attached hydrogens (tertiary/aromatic N) is 1. The summed E-state index contributed by atoms with van der Waals surface area (Å²) in [7, 11) is 0. The van der Waals surface area contributed by atoms with Gasteiger partial charge in [-0.25, -0.2) is 0 Å². The molecule has 0 heterocycles. The predicted molar refractivity (Wildman–Crippen MR) is 81.4 cm³/mol. The van der Waals surface area contributed by atoms with E-state index < -0.39 is 0 Å². The van der Waals surface area contributed by atoms with Gasteiger partial charge in [0.05, 0.1) is 23.2 Å². The van der Waals surface area contributed by atoms with E-state index in [2.05, 4.69) is 5.32 Å². The molecule has 1 aromatic carbocycles. The average Bonchev–Trinajstić information content (AvgIpc) is 2.32. The molecule has 110 valence electrons. The molecular weight excluding hydrogens is 299 g/mol. The molecule has 0 spiro atoms. The van der Waals surface area contributed by atoms with Crippen molar-refractivity contribution in [2.24, 2.45) is 0 Å². The molecule has 2 N–H and O–H groups in total. The molecule has 1 saturated carbocycles. The fourth-order valence-corrected chi connectivity index (χ4v) is 2.53. The summed E-state index contributed by atoms with van der Waals surface area (Å²) in [6.45, 7) is 0.876. The van der Waals surface area contributed by atoms with Crippen molar-refractivity contribution in [2.45, 2.75) is 25.3 Å². The van der Waals surface area contributed by atoms with E-state index in [1.807, 2.05) is 4.90 Å². The van der Waals surface area contributed by atoms with E-state index in [9.17, 15) is 4.79 Å². The minimum Gasteiger partial charge on any atom is -0.395 e. The van der Waals surface area contributed by atoms with E-state index in [1.54, 1.807) is 18.2 Å². The fraction of sp³-hybridized carbons (Fsp3) is 0.500. The molecule has 6 heteroatoms. The molecule has 0 atom stereocenters. The number of nitrogens with one attached hydrogen (secondary N) is 1. The lowest BCUT2D eigenvalue weighted by atomic mass is 9.91. The summed E-state index contributed by atoms with van der Waals surface area (Å²) in [6, 6.07) is 5.41. The number of benzene rings is 1. The van der Waals surface area contributed by atoms with Crippen molar-refractivity contribution >= 4 is 34.8 Å². The number of rotatable bonds is 6. The van der Waals surface area contributed by atoms with Crippen molar-refractivity contribution in [1.29, 1.82) is 0 Å². The SMILES string of the molecule is O=C(CN(CCO)C1CCC1)Nc1ccc(Cl)c(Cl)c1. The van der Waals surface area contributed by atoms with E-state index in [4.69, 9.17) is 28.3 Å². The van der Waals surface area contributed by atoms with Crippen LogP contribution in [-0.4, -0.2) is 41.7 Å². The monoisotopic (exact) mass is 316 g/mol. The number of halogens is 2. The van der Waals surface area contributed by atoms with Gasteiger partial charge in [-0.05, 0) is 31.0 Å². The second kappa shape index (κ2) is 7.27. The molecule has 1 aromatic rings. The van der Waals surface area contributed by atoms with Gasteiger partial charge in [0.25, 0.3) is 0 Å². The van der Waals surface area contributed by atoms with Gasteiger partial charge in [-0.3, -0.25) is 9.69 Å². The Labute approximate surface area is 128 Å². The topological polar surface area (TPSA) is 52.6 Å². The lowest BCUT2D eigenvalue weighted by Crippen LogP contribution is -2.45. The highest BCUT2D eigenvalue weighted by Crippen LogP contribution is 2.26. The molecule has 4 nitrogen and oxygen atoms in total. The largest absolute Gasteiger partial charge is 0.395 e. The second-order valence-corrected chi connectivity index (χ2v) is 5.77. The van der Waals surface area contributed by atoms with Crippen LogP contribution >= 0.6 is 23.2 Å². The molecule has 1 aliphatic rings. The Morgan fingerprint density at radius 2 is 2.10 bits per heavy atom. The first-order valence-electron chi connectivity index (χ1n) is 6.70. The molecule has 0 saturated heterocycles. The van der Waals surface area contributed by atoms with Crippen LogP contribution in [0.5, 0.6) is 0 Å². The summed E-state index contributed by atoms with van der Waals surface area (Å²) in [4.78, 5) is 14.1. The quantitative estimate of drug-likeness (QED) is 0.848. The van der Waals surface area contributed by atoms with Crippen LogP contribution in [-0.2, 0) is 4.79 Å². The molecule has 0 bridgehead atoms. The van der Waals surface area contributed by atoms with Crippen LogP contribution in [0.15, 0.2) is 18.2 Å². The maximum atomic E-state index is 12.0. The molecule has 0 radical (unpaired) electrons. The molecule has 1 fully saturated rings. The first-order valence-corrected chi connectivity index (χ1v) is 7.45. The fourth-order valence-electron chi connectivity index (χ4n) is 2.23. The molecule has 0 aromatic heterocycles. The van der Waals surface area contributed by atoms with E-state index in [1.165, 1.54) is 6.42 Å². The number of anilines is 1. The van der Waals surface area contributed by atoms with E-state index in [-0.39, 0.29) is 19.1 Å². The van der Waals surface area contributed by atoms with Gasteiger partial charge in [0.2, 0.25) is 5.91 Å². The number of hydrogen-bond acceptors (Lipinski definition) is 3. The summed E-state index contributed by atoms with van der Waals surface area (Å²) in [6.07, 6.45) is 3.39. The van der Waals surface area contributed by atoms with Gasteiger partial charge in [0.1, 0.15) is 0 Å². The molecule has 20 heavy (non-hydrogen) atoms. The Kier molecular flexibility index (Phi) is 5.66. The highest BCUT2D eigenvalue weighted by molar-refractivity contribution is 6.42. The Bertz CT molecular complexity index is 478. The molecule has 0 aliphatic heterocycles. The van der Waals surface area contributed by atoms with Crippen molar-refractivity contribution < 1.29 is 9.90 Å². The number of aliphatic hydroxyl groups excluding tert-OH is 1. The second-order valence-electron chi connectivity index (χ2n) is 4.96. The minimum atomic E-state index is -0.108. The maximum Gasteiger partial charge on any atom is 0.238 e. The lowest BCUT2D eigenvalue weighted by molar-refractivity contribution is -0.118. The van der Waals surface area contributed by atoms with Crippen molar-refractivity contribution in [3.05, 3.63) is 28.2 Å². The molecule has 2 rings (SSSR count). The third kappa shape index (κ3) is 4.09. The zero-order valence-corrected chi connectivity index (χ0v) is 12.6. The highest BCUT2D eigenvalue weighted by atomic mass is 35.5. The van der Waals surface area contributed by atoms with Gasteiger partial charge in [-0.1, -0.05) is 29.6 Å². The minimum absolute atomic E-state index is 0.0660. The van der Waals surface area contributed by atoms with Crippen LogP contribution < -0.4 is 5.32 Å². The molecule has 1 amide bonds. The van der Waals surface area contributed by atoms with Crippen molar-refractivity contribution in [1.82, 2.24) is 4.90 Å². The number of carbonyl (C=O) groups is 1. The van der Waals surface area contributed by atoms with Crippen molar-refractivity contribution in [3.63, 3.8) is 0 Å². The molecule has 1 aliphatic carbocycles. The summed E-state index contributed by atoms with van der Waals surface area (Å²) >= 11 is 11.7. The van der Waals surface area contributed by atoms with Gasteiger partial charge in [-0.2, -0.15) is 0 Å². The van der Waals surface area contributed by atoms with Gasteiger partial charge < -0.3 is 10.4 Å². The summed E-state index contributed by atoms with van der Waals surface area (Å²) in [5, 5.41) is 12.7. The molecule has 0 unspecified atom stereocenters. The van der Waals surface area contributed by atoms with Crippen molar-refractivity contribution in [3.8, 4) is 0 Å². The van der Waals surface area contributed by atoms with Gasteiger partial charge in [0, 0.05) is 18.3 Å². The summed E-state index contributed by atoms with van der Waals surface area (Å²) < 4.78 is 0. The number of hydrogen-bond donors (Lipinski definition) is 2. The third-order valence-corrected chi connectivity index (χ3v) is 4.27. The smallest absolute Gasteiger partial charge is 0.238 e. The lowest BCUT2D eigenvalue weighted by Gasteiger charge is -2.36. The van der Waals surface area contributed by atoms with Crippen molar-refractivity contribution in [2.75, 3.05) is 25.0 Å². The Morgan fingerprint density at radius 1 is 1.35 bits per heavy atom. The van der Waals surface area contributed by atoms with Gasteiger partial charge in [0.15, 0.2) is 0 Å². The first-order chi connectivity index (χ1) is 9.60. The standard InChI is InChI=1S/C14H18Cl2N2O2/c15-12-5-4-10(8-13(12)16)17-14(20)9-18(6-7-19)11-2-1-3-11/h4-5,8,11,19H,1-3,6-7,9H2,(H,17,20). The Morgan fingerprint density at radius 3 is 2.65 bits per heavy atom. The van der Waals surface area contributed by atoms with Gasteiger partial charge >= 0.3 is 0 Å².